The van der Waals surface area contributed by atoms with Crippen molar-refractivity contribution in [2.45, 2.75) is 26.8 Å². The molecule has 0 heterocycles. The number of rotatable bonds is 6. The van der Waals surface area contributed by atoms with E-state index in [4.69, 9.17) is 9.47 Å². The van der Waals surface area contributed by atoms with Gasteiger partial charge < -0.3 is 14.8 Å². The maximum absolute atomic E-state index is 5.38. The van der Waals surface area contributed by atoms with Gasteiger partial charge in [-0.25, -0.2) is 0 Å². The maximum Gasteiger partial charge on any atom is 0.123 e. The van der Waals surface area contributed by atoms with Crippen LogP contribution in [0.1, 0.15) is 32.4 Å². The molecule has 100 valence electrons. The van der Waals surface area contributed by atoms with Gasteiger partial charge in [-0.3, -0.25) is 0 Å². The summed E-state index contributed by atoms with van der Waals surface area (Å²) in [6.45, 7) is 7.16. The fraction of sp³-hybridized carbons (Fsp3) is 0.467. The van der Waals surface area contributed by atoms with Crippen LogP contribution in [0.4, 0.5) is 0 Å². The second-order valence-corrected chi connectivity index (χ2v) is 4.52. The number of methoxy groups -OCH3 is 2. The average Bonchev–Trinajstić information content (AvgIpc) is 2.37. The smallest absolute Gasteiger partial charge is 0.123 e. The summed E-state index contributed by atoms with van der Waals surface area (Å²) in [7, 11) is 3.36. The van der Waals surface area contributed by atoms with Crippen LogP contribution >= 0.6 is 0 Å². The van der Waals surface area contributed by atoms with Crippen LogP contribution in [0, 0.1) is 0 Å². The molecule has 1 aromatic rings. The highest BCUT2D eigenvalue weighted by Crippen LogP contribution is 2.29. The Balaban J connectivity index is 2.82. The Morgan fingerprint density at radius 3 is 2.56 bits per heavy atom. The van der Waals surface area contributed by atoms with Crippen LogP contribution in [0.2, 0.25) is 0 Å². The lowest BCUT2D eigenvalue weighted by Crippen LogP contribution is -2.19. The van der Waals surface area contributed by atoms with Gasteiger partial charge in [-0.1, -0.05) is 11.6 Å². The summed E-state index contributed by atoms with van der Waals surface area (Å²) in [4.78, 5) is 0. The van der Waals surface area contributed by atoms with E-state index in [0.29, 0.717) is 0 Å². The number of ether oxygens (including phenoxy) is 2. The highest BCUT2D eigenvalue weighted by molar-refractivity contribution is 5.42. The van der Waals surface area contributed by atoms with Gasteiger partial charge in [-0.05, 0) is 39.0 Å². The van der Waals surface area contributed by atoms with Crippen molar-refractivity contribution in [1.82, 2.24) is 5.32 Å². The Bertz CT molecular complexity index is 409. The molecule has 0 aliphatic carbocycles. The molecule has 0 saturated heterocycles. The predicted molar refractivity (Wildman–Crippen MR) is 75.4 cm³/mol. The third kappa shape index (κ3) is 4.08. The van der Waals surface area contributed by atoms with Gasteiger partial charge in [0.1, 0.15) is 11.5 Å². The number of allylic oxidation sites excluding steroid dienone is 1. The van der Waals surface area contributed by atoms with Gasteiger partial charge in [0.15, 0.2) is 0 Å². The highest BCUT2D eigenvalue weighted by Gasteiger charge is 2.11. The van der Waals surface area contributed by atoms with Crippen LogP contribution in [0.15, 0.2) is 29.8 Å². The fourth-order valence-electron chi connectivity index (χ4n) is 1.73. The minimum atomic E-state index is 0.214. The summed E-state index contributed by atoms with van der Waals surface area (Å²) in [5, 5.41) is 3.44. The number of hydrogen-bond acceptors (Lipinski definition) is 3. The van der Waals surface area contributed by atoms with Crippen molar-refractivity contribution in [2.75, 3.05) is 20.8 Å². The molecule has 0 aliphatic rings. The Kier molecular flexibility index (Phi) is 5.72. The first-order valence-corrected chi connectivity index (χ1v) is 6.17. The van der Waals surface area contributed by atoms with Crippen LogP contribution in [-0.2, 0) is 0 Å². The van der Waals surface area contributed by atoms with Gasteiger partial charge in [0.05, 0.1) is 14.2 Å². The van der Waals surface area contributed by atoms with Crippen molar-refractivity contribution in [1.29, 1.82) is 0 Å². The van der Waals surface area contributed by atoms with E-state index in [9.17, 15) is 0 Å². The maximum atomic E-state index is 5.38. The van der Waals surface area contributed by atoms with Crippen LogP contribution in [-0.4, -0.2) is 20.8 Å². The monoisotopic (exact) mass is 249 g/mol. The molecule has 0 amide bonds. The first-order chi connectivity index (χ1) is 8.58. The first kappa shape index (κ1) is 14.6. The normalized spacial score (nSPS) is 11.8. The molecule has 3 heteroatoms. The molecule has 1 aromatic carbocycles. The Labute approximate surface area is 110 Å². The standard InChI is InChI=1S/C15H23NO2/c1-11(2)8-9-16-12(3)14-10-13(17-4)6-7-15(14)18-5/h6-8,10,12,16H,9H2,1-5H3. The van der Waals surface area contributed by atoms with Gasteiger partial charge in [-0.2, -0.15) is 0 Å². The molecule has 1 N–H and O–H groups in total. The zero-order valence-electron chi connectivity index (χ0n) is 11.9. The molecule has 0 aliphatic heterocycles. The molecule has 0 aromatic heterocycles. The Morgan fingerprint density at radius 2 is 2.00 bits per heavy atom. The minimum Gasteiger partial charge on any atom is -0.497 e. The fourth-order valence-corrected chi connectivity index (χ4v) is 1.73. The molecule has 1 unspecified atom stereocenters. The first-order valence-electron chi connectivity index (χ1n) is 6.17. The van der Waals surface area contributed by atoms with E-state index >= 15 is 0 Å². The zero-order valence-corrected chi connectivity index (χ0v) is 11.9. The number of benzene rings is 1. The topological polar surface area (TPSA) is 30.5 Å². The van der Waals surface area contributed by atoms with Crippen molar-refractivity contribution >= 4 is 0 Å². The summed E-state index contributed by atoms with van der Waals surface area (Å²) < 4.78 is 10.6. The van der Waals surface area contributed by atoms with Crippen LogP contribution in [0.5, 0.6) is 11.5 Å². The summed E-state index contributed by atoms with van der Waals surface area (Å²) in [6, 6.07) is 6.07. The van der Waals surface area contributed by atoms with Crippen molar-refractivity contribution in [3.8, 4) is 11.5 Å². The molecule has 0 saturated carbocycles. The largest absolute Gasteiger partial charge is 0.497 e. The van der Waals surface area contributed by atoms with E-state index in [0.717, 1.165) is 23.6 Å². The molecule has 3 nitrogen and oxygen atoms in total. The molecular weight excluding hydrogens is 226 g/mol. The third-order valence-electron chi connectivity index (χ3n) is 2.84. The number of hydrogen-bond donors (Lipinski definition) is 1. The van der Waals surface area contributed by atoms with Gasteiger partial charge in [0.2, 0.25) is 0 Å². The van der Waals surface area contributed by atoms with E-state index in [1.54, 1.807) is 14.2 Å². The molecule has 1 rings (SSSR count). The third-order valence-corrected chi connectivity index (χ3v) is 2.84. The summed E-state index contributed by atoms with van der Waals surface area (Å²) >= 11 is 0. The molecule has 0 spiro atoms. The molecular formula is C15H23NO2. The second kappa shape index (κ2) is 7.07. The summed E-state index contributed by atoms with van der Waals surface area (Å²) in [6.07, 6.45) is 2.17. The van der Waals surface area contributed by atoms with Gasteiger partial charge >= 0.3 is 0 Å². The van der Waals surface area contributed by atoms with E-state index in [-0.39, 0.29) is 6.04 Å². The Morgan fingerprint density at radius 1 is 1.28 bits per heavy atom. The van der Waals surface area contributed by atoms with Crippen molar-refractivity contribution in [3.05, 3.63) is 35.4 Å². The molecule has 1 atom stereocenters. The Hall–Kier alpha value is -1.48. The SMILES string of the molecule is COc1ccc(OC)c(C(C)NCC=C(C)C)c1. The second-order valence-electron chi connectivity index (χ2n) is 4.52. The lowest BCUT2D eigenvalue weighted by Gasteiger charge is -2.17. The van der Waals surface area contributed by atoms with Crippen molar-refractivity contribution in [2.24, 2.45) is 0 Å². The molecule has 0 bridgehead atoms. The average molecular weight is 249 g/mol. The molecule has 0 radical (unpaired) electrons. The van der Waals surface area contributed by atoms with E-state index in [1.165, 1.54) is 5.57 Å². The van der Waals surface area contributed by atoms with Gasteiger partial charge in [0, 0.05) is 18.2 Å². The summed E-state index contributed by atoms with van der Waals surface area (Å²) in [5.41, 5.74) is 2.42. The quantitative estimate of drug-likeness (QED) is 0.784. The van der Waals surface area contributed by atoms with E-state index < -0.39 is 0 Å². The van der Waals surface area contributed by atoms with Crippen molar-refractivity contribution < 1.29 is 9.47 Å². The lowest BCUT2D eigenvalue weighted by atomic mass is 10.1. The van der Waals surface area contributed by atoms with Crippen LogP contribution in [0.25, 0.3) is 0 Å². The van der Waals surface area contributed by atoms with Crippen molar-refractivity contribution in [3.63, 3.8) is 0 Å². The predicted octanol–water partition coefficient (Wildman–Crippen LogP) is 3.32. The van der Waals surface area contributed by atoms with Gasteiger partial charge in [-0.15, -0.1) is 0 Å². The lowest BCUT2D eigenvalue weighted by molar-refractivity contribution is 0.393. The van der Waals surface area contributed by atoms with E-state index in [1.807, 2.05) is 18.2 Å². The minimum absolute atomic E-state index is 0.214. The van der Waals surface area contributed by atoms with Gasteiger partial charge in [0.25, 0.3) is 0 Å². The van der Waals surface area contributed by atoms with Crippen LogP contribution in [0.3, 0.4) is 0 Å². The zero-order chi connectivity index (χ0) is 13.5. The highest BCUT2D eigenvalue weighted by atomic mass is 16.5. The van der Waals surface area contributed by atoms with Crippen LogP contribution < -0.4 is 14.8 Å². The van der Waals surface area contributed by atoms with E-state index in [2.05, 4.69) is 32.2 Å². The molecule has 0 fully saturated rings. The summed E-state index contributed by atoms with van der Waals surface area (Å²) in [5.74, 6) is 1.73. The number of nitrogens with one attached hydrogen (secondary N) is 1. The molecule has 18 heavy (non-hydrogen) atoms.